The summed E-state index contributed by atoms with van der Waals surface area (Å²) in [4.78, 5) is 13.5. The van der Waals surface area contributed by atoms with Crippen LogP contribution in [0.25, 0.3) is 0 Å². The molecule has 1 fully saturated rings. The van der Waals surface area contributed by atoms with Crippen LogP contribution in [0.15, 0.2) is 0 Å². The highest BCUT2D eigenvalue weighted by Crippen LogP contribution is 2.23. The van der Waals surface area contributed by atoms with Gasteiger partial charge in [0.25, 0.3) is 0 Å². The van der Waals surface area contributed by atoms with Crippen LogP contribution in [-0.2, 0) is 4.79 Å². The predicted molar refractivity (Wildman–Crippen MR) is 62.3 cm³/mol. The number of amides is 1. The van der Waals surface area contributed by atoms with E-state index in [0.29, 0.717) is 6.42 Å². The molecule has 2 atom stereocenters. The number of carbonyl (C=O) groups excluding carboxylic acids is 1. The lowest BCUT2D eigenvalue weighted by Crippen LogP contribution is -2.47. The molecule has 1 amide bonds. The number of likely N-dealkylation sites (tertiary alicyclic amines) is 1. The lowest BCUT2D eigenvalue weighted by molar-refractivity contribution is -0.141. The van der Waals surface area contributed by atoms with Gasteiger partial charge in [-0.25, -0.2) is 0 Å². The summed E-state index contributed by atoms with van der Waals surface area (Å²) in [5.41, 5.74) is 0. The third-order valence-corrected chi connectivity index (χ3v) is 3.23. The van der Waals surface area contributed by atoms with E-state index >= 15 is 0 Å². The van der Waals surface area contributed by atoms with Crippen LogP contribution in [0, 0.1) is 0 Å². The number of alkyl halides is 4. The molecule has 94 valence electrons. The smallest absolute Gasteiger partial charge is 0.346 e. The summed E-state index contributed by atoms with van der Waals surface area (Å²) in [7, 11) is 0. The average molecular weight is 350 g/mol. The van der Waals surface area contributed by atoms with Crippen molar-refractivity contribution in [2.24, 2.45) is 0 Å². The van der Waals surface area contributed by atoms with Gasteiger partial charge in [0.1, 0.15) is 6.54 Å². The van der Waals surface area contributed by atoms with E-state index in [1.165, 1.54) is 0 Å². The van der Waals surface area contributed by atoms with Crippen molar-refractivity contribution in [2.45, 2.75) is 36.0 Å². The van der Waals surface area contributed by atoms with E-state index < -0.39 is 24.7 Å². The summed E-state index contributed by atoms with van der Waals surface area (Å²) in [5.74, 6) is -0.515. The summed E-state index contributed by atoms with van der Waals surface area (Å²) in [5, 5.41) is 1.94. The van der Waals surface area contributed by atoms with Crippen molar-refractivity contribution >= 4 is 28.5 Å². The number of nitrogens with zero attached hydrogens (tertiary/aromatic N) is 1. The zero-order valence-electron chi connectivity index (χ0n) is 8.85. The van der Waals surface area contributed by atoms with Crippen molar-refractivity contribution in [2.75, 3.05) is 13.1 Å². The van der Waals surface area contributed by atoms with Gasteiger partial charge in [-0.15, -0.1) is 0 Å². The van der Waals surface area contributed by atoms with Crippen LogP contribution in [0.4, 0.5) is 13.2 Å². The first kappa shape index (κ1) is 14.0. The molecule has 1 heterocycles. The number of carbonyl (C=O) groups is 1. The topological polar surface area (TPSA) is 32.3 Å². The lowest BCUT2D eigenvalue weighted by atomic mass is 10.2. The Labute approximate surface area is 106 Å². The van der Waals surface area contributed by atoms with Crippen LogP contribution in [0.1, 0.15) is 19.8 Å². The van der Waals surface area contributed by atoms with Crippen molar-refractivity contribution < 1.29 is 18.0 Å². The molecule has 0 aromatic rings. The maximum Gasteiger partial charge on any atom is 0.405 e. The van der Waals surface area contributed by atoms with Crippen molar-refractivity contribution in [1.29, 1.82) is 0 Å². The second-order valence-corrected chi connectivity index (χ2v) is 5.61. The van der Waals surface area contributed by atoms with Gasteiger partial charge in [-0.3, -0.25) is 9.69 Å². The maximum atomic E-state index is 11.9. The van der Waals surface area contributed by atoms with Gasteiger partial charge in [-0.1, -0.05) is 22.6 Å². The van der Waals surface area contributed by atoms with Gasteiger partial charge in [0.2, 0.25) is 5.91 Å². The number of hydrogen-bond acceptors (Lipinski definition) is 2. The fourth-order valence-corrected chi connectivity index (χ4v) is 2.47. The number of rotatable bonds is 3. The SMILES string of the molecule is CC(I)N1CCCC1C(=O)NCC(F)(F)F. The Kier molecular flexibility index (Phi) is 4.84. The third kappa shape index (κ3) is 4.08. The fraction of sp³-hybridized carbons (Fsp3) is 0.889. The second-order valence-electron chi connectivity index (χ2n) is 3.80. The fourth-order valence-electron chi connectivity index (χ4n) is 1.80. The minimum atomic E-state index is -4.34. The molecule has 1 rings (SSSR count). The molecular formula is C9H14F3IN2O. The highest BCUT2D eigenvalue weighted by molar-refractivity contribution is 14.1. The predicted octanol–water partition coefficient (Wildman–Crippen LogP) is 1.91. The zero-order valence-corrected chi connectivity index (χ0v) is 11.0. The van der Waals surface area contributed by atoms with Gasteiger partial charge in [0, 0.05) is 6.54 Å². The Morgan fingerprint density at radius 3 is 2.75 bits per heavy atom. The van der Waals surface area contributed by atoms with Gasteiger partial charge in [-0.05, 0) is 19.8 Å². The summed E-state index contributed by atoms with van der Waals surface area (Å²) in [6, 6.07) is -0.408. The molecule has 1 aliphatic heterocycles. The van der Waals surface area contributed by atoms with E-state index in [1.807, 2.05) is 17.1 Å². The molecule has 1 N–H and O–H groups in total. The molecule has 0 aliphatic carbocycles. The molecule has 0 radical (unpaired) electrons. The first-order valence-corrected chi connectivity index (χ1v) is 6.30. The molecule has 1 saturated heterocycles. The molecule has 7 heteroatoms. The van der Waals surface area contributed by atoms with Crippen LogP contribution in [-0.4, -0.2) is 40.2 Å². The molecule has 0 saturated carbocycles. The van der Waals surface area contributed by atoms with Gasteiger partial charge in [-0.2, -0.15) is 13.2 Å². The van der Waals surface area contributed by atoms with E-state index in [-0.39, 0.29) is 4.05 Å². The number of halogens is 4. The largest absolute Gasteiger partial charge is 0.405 e. The minimum absolute atomic E-state index is 0.154. The summed E-state index contributed by atoms with van der Waals surface area (Å²) in [6.45, 7) is 1.45. The monoisotopic (exact) mass is 350 g/mol. The Morgan fingerprint density at radius 2 is 2.25 bits per heavy atom. The van der Waals surface area contributed by atoms with Crippen molar-refractivity contribution in [3.05, 3.63) is 0 Å². The quantitative estimate of drug-likeness (QED) is 0.479. The molecule has 1 aliphatic rings. The highest BCUT2D eigenvalue weighted by atomic mass is 127. The first-order chi connectivity index (χ1) is 7.31. The van der Waals surface area contributed by atoms with Crippen LogP contribution in [0.2, 0.25) is 0 Å². The van der Waals surface area contributed by atoms with E-state index in [2.05, 4.69) is 22.6 Å². The Morgan fingerprint density at radius 1 is 1.62 bits per heavy atom. The maximum absolute atomic E-state index is 11.9. The summed E-state index contributed by atoms with van der Waals surface area (Å²) >= 11 is 2.16. The molecule has 2 unspecified atom stereocenters. The molecular weight excluding hydrogens is 336 g/mol. The van der Waals surface area contributed by atoms with Crippen molar-refractivity contribution in [3.8, 4) is 0 Å². The minimum Gasteiger partial charge on any atom is -0.346 e. The Hall–Kier alpha value is -0.0500. The number of hydrogen-bond donors (Lipinski definition) is 1. The van der Waals surface area contributed by atoms with Crippen LogP contribution < -0.4 is 5.32 Å². The standard InChI is InChI=1S/C9H14F3IN2O/c1-6(13)15-4-2-3-7(15)8(16)14-5-9(10,11)12/h6-7H,2-5H2,1H3,(H,14,16). The molecule has 0 spiro atoms. The number of nitrogens with one attached hydrogen (secondary N) is 1. The van der Waals surface area contributed by atoms with Crippen LogP contribution in [0.5, 0.6) is 0 Å². The molecule has 16 heavy (non-hydrogen) atoms. The summed E-state index contributed by atoms with van der Waals surface area (Å²) in [6.07, 6.45) is -2.84. The summed E-state index contributed by atoms with van der Waals surface area (Å²) < 4.78 is 35.9. The molecule has 0 bridgehead atoms. The Balaban J connectivity index is 2.47. The third-order valence-electron chi connectivity index (χ3n) is 2.52. The van der Waals surface area contributed by atoms with E-state index in [0.717, 1.165) is 13.0 Å². The zero-order chi connectivity index (χ0) is 12.3. The van der Waals surface area contributed by atoms with Gasteiger partial charge in [0.15, 0.2) is 0 Å². The Bertz CT molecular complexity index is 258. The normalized spacial score (nSPS) is 24.4. The second kappa shape index (κ2) is 5.52. The molecule has 0 aromatic heterocycles. The van der Waals surface area contributed by atoms with E-state index in [1.54, 1.807) is 0 Å². The van der Waals surface area contributed by atoms with Crippen LogP contribution in [0.3, 0.4) is 0 Å². The van der Waals surface area contributed by atoms with E-state index in [4.69, 9.17) is 0 Å². The lowest BCUT2D eigenvalue weighted by Gasteiger charge is -2.26. The van der Waals surface area contributed by atoms with Crippen LogP contribution >= 0.6 is 22.6 Å². The van der Waals surface area contributed by atoms with Gasteiger partial charge >= 0.3 is 6.18 Å². The average Bonchev–Trinajstić information content (AvgIpc) is 2.61. The van der Waals surface area contributed by atoms with Crippen molar-refractivity contribution in [3.63, 3.8) is 0 Å². The van der Waals surface area contributed by atoms with Gasteiger partial charge < -0.3 is 5.32 Å². The van der Waals surface area contributed by atoms with E-state index in [9.17, 15) is 18.0 Å². The first-order valence-electron chi connectivity index (χ1n) is 5.05. The van der Waals surface area contributed by atoms with Crippen molar-refractivity contribution in [1.82, 2.24) is 10.2 Å². The molecule has 3 nitrogen and oxygen atoms in total. The highest BCUT2D eigenvalue weighted by Gasteiger charge is 2.35. The molecule has 0 aromatic carbocycles. The van der Waals surface area contributed by atoms with Gasteiger partial charge in [0.05, 0.1) is 10.1 Å².